The molecule has 0 bridgehead atoms. The number of rotatable bonds is 12. The summed E-state index contributed by atoms with van der Waals surface area (Å²) >= 11 is 4.00. The van der Waals surface area contributed by atoms with Gasteiger partial charge in [-0.3, -0.25) is 14.4 Å². The minimum absolute atomic E-state index is 0.00392. The quantitative estimate of drug-likeness (QED) is 0.192. The van der Waals surface area contributed by atoms with E-state index in [0.717, 1.165) is 5.56 Å². The Morgan fingerprint density at radius 3 is 2.27 bits per heavy atom. The highest BCUT2D eigenvalue weighted by atomic mass is 32.1. The number of carbonyl (C=O) groups is 4. The SMILES string of the molecule is CC(NC(=O)C(Cc1ccccc1)NC(=O)C(N)CS)C(=O)NC(Cc1cnc[nH]1)C(=O)O. The van der Waals surface area contributed by atoms with Crippen molar-refractivity contribution in [3.8, 4) is 0 Å². The predicted molar refractivity (Wildman–Crippen MR) is 123 cm³/mol. The van der Waals surface area contributed by atoms with Crippen LogP contribution in [0.2, 0.25) is 0 Å². The van der Waals surface area contributed by atoms with Crippen LogP contribution in [0.5, 0.6) is 0 Å². The van der Waals surface area contributed by atoms with Crippen LogP contribution in [0.15, 0.2) is 42.9 Å². The number of imidazole rings is 1. The monoisotopic (exact) mass is 476 g/mol. The molecule has 2 aromatic rings. The van der Waals surface area contributed by atoms with E-state index in [0.29, 0.717) is 5.69 Å². The molecular weight excluding hydrogens is 448 g/mol. The van der Waals surface area contributed by atoms with Crippen LogP contribution in [0, 0.1) is 0 Å². The highest BCUT2D eigenvalue weighted by molar-refractivity contribution is 7.80. The van der Waals surface area contributed by atoms with Crippen LogP contribution in [-0.4, -0.2) is 68.7 Å². The van der Waals surface area contributed by atoms with Gasteiger partial charge in [-0.2, -0.15) is 12.6 Å². The van der Waals surface area contributed by atoms with Gasteiger partial charge in [0.1, 0.15) is 18.1 Å². The van der Waals surface area contributed by atoms with Gasteiger partial charge in [0.05, 0.1) is 12.4 Å². The average molecular weight is 477 g/mol. The maximum Gasteiger partial charge on any atom is 0.326 e. The first-order chi connectivity index (χ1) is 15.7. The molecule has 12 heteroatoms. The maximum absolute atomic E-state index is 12.9. The first-order valence-electron chi connectivity index (χ1n) is 10.2. The number of nitrogens with zero attached hydrogens (tertiary/aromatic N) is 1. The topological polar surface area (TPSA) is 179 Å². The first kappa shape index (κ1) is 25.9. The number of hydrogen-bond donors (Lipinski definition) is 7. The molecule has 7 N–H and O–H groups in total. The van der Waals surface area contributed by atoms with E-state index < -0.39 is 47.9 Å². The molecule has 178 valence electrons. The number of carboxylic acid groups (broad SMARTS) is 1. The summed E-state index contributed by atoms with van der Waals surface area (Å²) in [6.45, 7) is 1.42. The Kier molecular flexibility index (Phi) is 9.88. The second-order valence-corrected chi connectivity index (χ2v) is 7.82. The van der Waals surface area contributed by atoms with E-state index in [1.165, 1.54) is 19.4 Å². The zero-order valence-corrected chi connectivity index (χ0v) is 18.9. The van der Waals surface area contributed by atoms with E-state index in [1.54, 1.807) is 24.3 Å². The van der Waals surface area contributed by atoms with Crippen molar-refractivity contribution in [3.05, 3.63) is 54.1 Å². The molecule has 4 unspecified atom stereocenters. The molecule has 0 fully saturated rings. The van der Waals surface area contributed by atoms with Gasteiger partial charge in [-0.25, -0.2) is 9.78 Å². The Labute approximate surface area is 196 Å². The van der Waals surface area contributed by atoms with Crippen LogP contribution >= 0.6 is 12.6 Å². The molecule has 0 aliphatic rings. The van der Waals surface area contributed by atoms with Crippen LogP contribution in [0.3, 0.4) is 0 Å². The number of aliphatic carboxylic acids is 1. The molecule has 0 spiro atoms. The number of amides is 3. The third kappa shape index (κ3) is 8.24. The van der Waals surface area contributed by atoms with Crippen molar-refractivity contribution in [2.75, 3.05) is 5.75 Å². The fraction of sp³-hybridized carbons (Fsp3) is 0.381. The van der Waals surface area contributed by atoms with Crippen LogP contribution in [0.4, 0.5) is 0 Å². The number of nitrogens with one attached hydrogen (secondary N) is 4. The summed E-state index contributed by atoms with van der Waals surface area (Å²) < 4.78 is 0. The summed E-state index contributed by atoms with van der Waals surface area (Å²) in [5.74, 6) is -2.99. The summed E-state index contributed by atoms with van der Waals surface area (Å²) in [5, 5.41) is 16.9. The molecule has 0 saturated heterocycles. The highest BCUT2D eigenvalue weighted by Gasteiger charge is 2.28. The summed E-state index contributed by atoms with van der Waals surface area (Å²) in [7, 11) is 0. The number of nitrogens with two attached hydrogens (primary N) is 1. The molecule has 11 nitrogen and oxygen atoms in total. The van der Waals surface area contributed by atoms with Gasteiger partial charge in [0.15, 0.2) is 0 Å². The number of H-pyrrole nitrogens is 1. The molecule has 0 saturated carbocycles. The number of benzene rings is 1. The number of hydrogen-bond acceptors (Lipinski definition) is 7. The van der Waals surface area contributed by atoms with Crippen molar-refractivity contribution >= 4 is 36.3 Å². The average Bonchev–Trinajstić information content (AvgIpc) is 3.31. The van der Waals surface area contributed by atoms with Crippen LogP contribution in [0.1, 0.15) is 18.2 Å². The van der Waals surface area contributed by atoms with E-state index >= 15 is 0 Å². The largest absolute Gasteiger partial charge is 0.480 e. The smallest absolute Gasteiger partial charge is 0.326 e. The lowest BCUT2D eigenvalue weighted by molar-refractivity contribution is -0.142. The van der Waals surface area contributed by atoms with Gasteiger partial charge in [0.25, 0.3) is 0 Å². The molecule has 33 heavy (non-hydrogen) atoms. The van der Waals surface area contributed by atoms with Gasteiger partial charge in [-0.05, 0) is 12.5 Å². The van der Waals surface area contributed by atoms with Crippen LogP contribution < -0.4 is 21.7 Å². The van der Waals surface area contributed by atoms with Crippen LogP contribution in [0.25, 0.3) is 0 Å². The lowest BCUT2D eigenvalue weighted by atomic mass is 10.0. The Morgan fingerprint density at radius 2 is 1.70 bits per heavy atom. The Bertz CT molecular complexity index is 940. The van der Waals surface area contributed by atoms with Gasteiger partial charge in [0, 0.05) is 30.5 Å². The second-order valence-electron chi connectivity index (χ2n) is 7.45. The summed E-state index contributed by atoms with van der Waals surface area (Å²) in [6.07, 6.45) is 3.03. The fourth-order valence-corrected chi connectivity index (χ4v) is 3.08. The van der Waals surface area contributed by atoms with E-state index in [2.05, 4.69) is 38.5 Å². The van der Waals surface area contributed by atoms with Crippen molar-refractivity contribution in [3.63, 3.8) is 0 Å². The minimum atomic E-state index is -1.23. The molecule has 2 rings (SSSR count). The van der Waals surface area contributed by atoms with Gasteiger partial charge >= 0.3 is 5.97 Å². The van der Waals surface area contributed by atoms with E-state index in [1.807, 2.05) is 6.07 Å². The molecule has 1 aromatic heterocycles. The van der Waals surface area contributed by atoms with Crippen LogP contribution in [-0.2, 0) is 32.0 Å². The molecule has 0 aliphatic heterocycles. The first-order valence-corrected chi connectivity index (χ1v) is 10.9. The van der Waals surface area contributed by atoms with Crippen molar-refractivity contribution in [1.29, 1.82) is 0 Å². The molecule has 4 atom stereocenters. The molecule has 0 radical (unpaired) electrons. The number of aromatic nitrogens is 2. The number of aromatic amines is 1. The number of carbonyl (C=O) groups excluding carboxylic acids is 3. The molecule has 0 aliphatic carbocycles. The Hall–Kier alpha value is -3.38. The third-order valence-corrected chi connectivity index (χ3v) is 5.19. The fourth-order valence-electron chi connectivity index (χ4n) is 2.91. The van der Waals surface area contributed by atoms with Gasteiger partial charge in [0.2, 0.25) is 17.7 Å². The van der Waals surface area contributed by atoms with E-state index in [9.17, 15) is 24.3 Å². The van der Waals surface area contributed by atoms with Gasteiger partial charge in [-0.15, -0.1) is 0 Å². The molecule has 1 heterocycles. The van der Waals surface area contributed by atoms with Crippen molar-refractivity contribution in [1.82, 2.24) is 25.9 Å². The van der Waals surface area contributed by atoms with Gasteiger partial charge in [-0.1, -0.05) is 30.3 Å². The highest BCUT2D eigenvalue weighted by Crippen LogP contribution is 2.05. The molecule has 1 aromatic carbocycles. The summed E-state index contributed by atoms with van der Waals surface area (Å²) in [6, 6.07) is 4.84. The van der Waals surface area contributed by atoms with Crippen molar-refractivity contribution in [2.45, 2.75) is 43.9 Å². The zero-order valence-electron chi connectivity index (χ0n) is 18.0. The standard InChI is InChI=1S/C21H28N6O5S/c1-12(18(28)27-17(21(31)32)8-14-9-23-11-24-14)25-20(30)16(26-19(29)15(22)10-33)7-13-5-3-2-4-6-13/h2-6,9,11-12,15-17,33H,7-8,10,22H2,1H3,(H,23,24)(H,25,30)(H,26,29)(H,27,28)(H,31,32). The van der Waals surface area contributed by atoms with Crippen molar-refractivity contribution in [2.24, 2.45) is 5.73 Å². The summed E-state index contributed by atoms with van der Waals surface area (Å²) in [4.78, 5) is 55.8. The molecule has 3 amide bonds. The lowest BCUT2D eigenvalue weighted by Gasteiger charge is -2.23. The molecular formula is C21H28N6O5S. The summed E-state index contributed by atoms with van der Waals surface area (Å²) in [5.41, 5.74) is 7.02. The number of carboxylic acids is 1. The van der Waals surface area contributed by atoms with Crippen molar-refractivity contribution < 1.29 is 24.3 Å². The second kappa shape index (κ2) is 12.6. The minimum Gasteiger partial charge on any atom is -0.480 e. The third-order valence-electron chi connectivity index (χ3n) is 4.79. The van der Waals surface area contributed by atoms with E-state index in [-0.39, 0.29) is 18.6 Å². The lowest BCUT2D eigenvalue weighted by Crippen LogP contribution is -2.57. The zero-order chi connectivity index (χ0) is 24.4. The Balaban J connectivity index is 2.04. The normalized spacial score (nSPS) is 14.4. The predicted octanol–water partition coefficient (Wildman–Crippen LogP) is -0.989. The Morgan fingerprint density at radius 1 is 1.03 bits per heavy atom. The number of thiol groups is 1. The maximum atomic E-state index is 12.9. The van der Waals surface area contributed by atoms with E-state index in [4.69, 9.17) is 5.73 Å². The van der Waals surface area contributed by atoms with Gasteiger partial charge < -0.3 is 31.8 Å².